The number of rotatable bonds is 3. The van der Waals surface area contributed by atoms with E-state index in [9.17, 15) is 4.79 Å². The normalized spacial score (nSPS) is 14.5. The molecule has 0 unspecified atom stereocenters. The van der Waals surface area contributed by atoms with Crippen LogP contribution in [-0.4, -0.2) is 61.6 Å². The summed E-state index contributed by atoms with van der Waals surface area (Å²) >= 11 is 0. The van der Waals surface area contributed by atoms with Crippen LogP contribution in [-0.2, 0) is 0 Å². The number of hydrogen-bond acceptors (Lipinski definition) is 7. The SMILES string of the molecule is CC(C)c1cc(C(=O)N2CCN(c3ccc(C#N)cn3)CC2)nc2ncnn12. The molecule has 0 saturated carbocycles. The van der Waals surface area contributed by atoms with Crippen molar-refractivity contribution in [2.75, 3.05) is 31.1 Å². The number of nitrogens with zero attached hydrogens (tertiary/aromatic N) is 8. The Balaban J connectivity index is 1.49. The fourth-order valence-electron chi connectivity index (χ4n) is 3.30. The van der Waals surface area contributed by atoms with Gasteiger partial charge in [-0.25, -0.2) is 14.5 Å². The second kappa shape index (κ2) is 7.23. The molecule has 1 aliphatic rings. The van der Waals surface area contributed by atoms with Crippen LogP contribution in [0.3, 0.4) is 0 Å². The van der Waals surface area contributed by atoms with Gasteiger partial charge in [-0.3, -0.25) is 4.79 Å². The van der Waals surface area contributed by atoms with Crippen molar-refractivity contribution < 1.29 is 4.79 Å². The molecule has 142 valence electrons. The van der Waals surface area contributed by atoms with E-state index in [0.29, 0.717) is 43.2 Å². The van der Waals surface area contributed by atoms with Crippen LogP contribution in [0, 0.1) is 11.3 Å². The summed E-state index contributed by atoms with van der Waals surface area (Å²) in [5, 5.41) is 13.1. The second-order valence-corrected chi connectivity index (χ2v) is 6.99. The zero-order chi connectivity index (χ0) is 19.7. The molecule has 9 heteroatoms. The molecule has 1 fully saturated rings. The summed E-state index contributed by atoms with van der Waals surface area (Å²) in [7, 11) is 0. The number of pyridine rings is 1. The van der Waals surface area contributed by atoms with E-state index in [-0.39, 0.29) is 11.8 Å². The Labute approximate surface area is 162 Å². The van der Waals surface area contributed by atoms with E-state index in [2.05, 4.69) is 31.0 Å². The third-order valence-corrected chi connectivity index (χ3v) is 4.86. The maximum absolute atomic E-state index is 13.0. The number of carbonyl (C=O) groups excluding carboxylic acids is 1. The zero-order valence-corrected chi connectivity index (χ0v) is 15.8. The van der Waals surface area contributed by atoms with Crippen LogP contribution in [0.5, 0.6) is 0 Å². The highest BCUT2D eigenvalue weighted by Crippen LogP contribution is 2.18. The summed E-state index contributed by atoms with van der Waals surface area (Å²) in [5.74, 6) is 1.35. The summed E-state index contributed by atoms with van der Waals surface area (Å²) in [5.41, 5.74) is 1.84. The molecule has 9 nitrogen and oxygen atoms in total. The van der Waals surface area contributed by atoms with Crippen LogP contribution in [0.4, 0.5) is 5.82 Å². The Morgan fingerprint density at radius 3 is 2.61 bits per heavy atom. The summed E-state index contributed by atoms with van der Waals surface area (Å²) in [6.07, 6.45) is 3.02. The molecule has 3 aromatic rings. The highest BCUT2D eigenvalue weighted by molar-refractivity contribution is 5.93. The predicted molar refractivity (Wildman–Crippen MR) is 102 cm³/mol. The van der Waals surface area contributed by atoms with Crippen LogP contribution < -0.4 is 4.90 Å². The lowest BCUT2D eigenvalue weighted by Crippen LogP contribution is -2.49. The van der Waals surface area contributed by atoms with Gasteiger partial charge in [0, 0.05) is 32.4 Å². The molecule has 0 atom stereocenters. The zero-order valence-electron chi connectivity index (χ0n) is 15.8. The van der Waals surface area contributed by atoms with E-state index in [4.69, 9.17) is 5.26 Å². The van der Waals surface area contributed by atoms with Crippen molar-refractivity contribution in [3.05, 3.63) is 47.7 Å². The Hall–Kier alpha value is -3.54. The van der Waals surface area contributed by atoms with Crippen molar-refractivity contribution in [2.45, 2.75) is 19.8 Å². The minimum atomic E-state index is -0.0974. The quantitative estimate of drug-likeness (QED) is 0.682. The lowest BCUT2D eigenvalue weighted by molar-refractivity contribution is 0.0740. The Morgan fingerprint density at radius 2 is 1.96 bits per heavy atom. The average molecular weight is 376 g/mol. The molecule has 0 aromatic carbocycles. The molecule has 1 amide bonds. The molecular formula is C19H20N8O. The van der Waals surface area contributed by atoms with Crippen LogP contribution in [0.25, 0.3) is 5.78 Å². The number of hydrogen-bond donors (Lipinski definition) is 0. The van der Waals surface area contributed by atoms with Crippen LogP contribution >= 0.6 is 0 Å². The van der Waals surface area contributed by atoms with Crippen LogP contribution in [0.2, 0.25) is 0 Å². The second-order valence-electron chi connectivity index (χ2n) is 6.99. The molecule has 0 N–H and O–H groups in total. The molecule has 4 heterocycles. The van der Waals surface area contributed by atoms with E-state index in [1.54, 1.807) is 21.7 Å². The van der Waals surface area contributed by atoms with E-state index in [1.165, 1.54) is 6.33 Å². The van der Waals surface area contributed by atoms with Crippen molar-refractivity contribution in [3.63, 3.8) is 0 Å². The van der Waals surface area contributed by atoms with Gasteiger partial charge in [-0.05, 0) is 24.1 Å². The van der Waals surface area contributed by atoms with Crippen molar-refractivity contribution in [1.29, 1.82) is 5.26 Å². The first-order valence-corrected chi connectivity index (χ1v) is 9.18. The Morgan fingerprint density at radius 1 is 1.18 bits per heavy atom. The summed E-state index contributed by atoms with van der Waals surface area (Å²) in [6, 6.07) is 7.47. The predicted octanol–water partition coefficient (Wildman–Crippen LogP) is 1.48. The van der Waals surface area contributed by atoms with Gasteiger partial charge < -0.3 is 9.80 Å². The topological polar surface area (TPSA) is 103 Å². The van der Waals surface area contributed by atoms with Crippen LogP contribution in [0.15, 0.2) is 30.7 Å². The van der Waals surface area contributed by atoms with Gasteiger partial charge in [-0.1, -0.05) is 13.8 Å². The lowest BCUT2D eigenvalue weighted by Gasteiger charge is -2.35. The van der Waals surface area contributed by atoms with E-state index in [1.807, 2.05) is 26.0 Å². The molecule has 3 aromatic heterocycles. The lowest BCUT2D eigenvalue weighted by atomic mass is 10.1. The van der Waals surface area contributed by atoms with E-state index in [0.717, 1.165) is 11.5 Å². The standard InChI is InChI=1S/C19H20N8O/c1-13(2)16-9-15(24-19-22-12-23-27(16)19)18(28)26-7-5-25(6-8-26)17-4-3-14(10-20)11-21-17/h3-4,9,11-13H,5-8H2,1-2H3. The Bertz CT molecular complexity index is 1040. The van der Waals surface area contributed by atoms with Crippen LogP contribution in [0.1, 0.15) is 41.5 Å². The maximum atomic E-state index is 13.0. The fourth-order valence-corrected chi connectivity index (χ4v) is 3.30. The molecule has 0 aliphatic carbocycles. The molecule has 1 saturated heterocycles. The van der Waals surface area contributed by atoms with Gasteiger partial charge in [0.2, 0.25) is 0 Å². The molecule has 0 spiro atoms. The molecule has 4 rings (SSSR count). The number of anilines is 1. The van der Waals surface area contributed by atoms with Gasteiger partial charge in [-0.2, -0.15) is 15.3 Å². The number of nitriles is 1. The van der Waals surface area contributed by atoms with E-state index < -0.39 is 0 Å². The minimum absolute atomic E-state index is 0.0974. The minimum Gasteiger partial charge on any atom is -0.353 e. The first-order chi connectivity index (χ1) is 13.6. The maximum Gasteiger partial charge on any atom is 0.272 e. The number of piperazine rings is 1. The first kappa shape index (κ1) is 17.9. The van der Waals surface area contributed by atoms with Gasteiger partial charge in [-0.15, -0.1) is 0 Å². The van der Waals surface area contributed by atoms with Gasteiger partial charge in [0.25, 0.3) is 11.7 Å². The molecule has 28 heavy (non-hydrogen) atoms. The summed E-state index contributed by atoms with van der Waals surface area (Å²) in [6.45, 7) is 6.61. The molecule has 0 radical (unpaired) electrons. The van der Waals surface area contributed by atoms with Gasteiger partial charge in [0.15, 0.2) is 0 Å². The number of aromatic nitrogens is 5. The number of amides is 1. The fraction of sp³-hybridized carbons (Fsp3) is 0.368. The number of fused-ring (bicyclic) bond motifs is 1. The highest BCUT2D eigenvalue weighted by atomic mass is 16.2. The average Bonchev–Trinajstić information content (AvgIpc) is 3.21. The first-order valence-electron chi connectivity index (χ1n) is 9.18. The van der Waals surface area contributed by atoms with Crippen molar-refractivity contribution in [2.24, 2.45) is 0 Å². The van der Waals surface area contributed by atoms with Gasteiger partial charge in [0.1, 0.15) is 23.9 Å². The smallest absolute Gasteiger partial charge is 0.272 e. The van der Waals surface area contributed by atoms with Gasteiger partial charge >= 0.3 is 0 Å². The van der Waals surface area contributed by atoms with Crippen molar-refractivity contribution in [3.8, 4) is 6.07 Å². The largest absolute Gasteiger partial charge is 0.353 e. The molecule has 1 aliphatic heterocycles. The van der Waals surface area contributed by atoms with Gasteiger partial charge in [0.05, 0.1) is 11.3 Å². The summed E-state index contributed by atoms with van der Waals surface area (Å²) < 4.78 is 1.68. The monoisotopic (exact) mass is 376 g/mol. The third-order valence-electron chi connectivity index (χ3n) is 4.86. The molecular weight excluding hydrogens is 356 g/mol. The highest BCUT2D eigenvalue weighted by Gasteiger charge is 2.25. The Kier molecular flexibility index (Phi) is 4.61. The van der Waals surface area contributed by atoms with Crippen molar-refractivity contribution in [1.82, 2.24) is 29.5 Å². The van der Waals surface area contributed by atoms with E-state index >= 15 is 0 Å². The third kappa shape index (κ3) is 3.24. The van der Waals surface area contributed by atoms with Crippen molar-refractivity contribution >= 4 is 17.5 Å². The number of carbonyl (C=O) groups is 1. The summed E-state index contributed by atoms with van der Waals surface area (Å²) in [4.78, 5) is 29.8. The molecule has 0 bridgehead atoms.